The predicted molar refractivity (Wildman–Crippen MR) is 102 cm³/mol. The van der Waals surface area contributed by atoms with Gasteiger partial charge in [-0.05, 0) is 52.0 Å². The maximum Gasteiger partial charge on any atom is 0.410 e. The first-order valence-corrected chi connectivity index (χ1v) is 10.7. The van der Waals surface area contributed by atoms with Gasteiger partial charge in [-0.15, -0.1) is 0 Å². The van der Waals surface area contributed by atoms with Crippen LogP contribution in [0.25, 0.3) is 0 Å². The van der Waals surface area contributed by atoms with Gasteiger partial charge in [0.25, 0.3) is 0 Å². The van der Waals surface area contributed by atoms with Crippen LogP contribution in [0.3, 0.4) is 0 Å². The summed E-state index contributed by atoms with van der Waals surface area (Å²) in [5.41, 5.74) is 1.39. The summed E-state index contributed by atoms with van der Waals surface area (Å²) in [7, 11) is -3.36. The lowest BCUT2D eigenvalue weighted by Crippen LogP contribution is -2.43. The zero-order valence-electron chi connectivity index (χ0n) is 16.1. The standard InChI is InChI=1S/C19H30N2O4S/c1-15-5-7-17(8-6-15)14-26(23,24)20-13-16-9-11-21(12-10-16)18(22)25-19(2,3)4/h5-8,16,20H,9-14H2,1-4H3. The van der Waals surface area contributed by atoms with Crippen molar-refractivity contribution in [2.45, 2.75) is 51.9 Å². The van der Waals surface area contributed by atoms with Gasteiger partial charge in [-0.25, -0.2) is 17.9 Å². The van der Waals surface area contributed by atoms with Crippen LogP contribution in [0.1, 0.15) is 44.7 Å². The molecule has 146 valence electrons. The Morgan fingerprint density at radius 3 is 2.31 bits per heavy atom. The Morgan fingerprint density at radius 1 is 1.19 bits per heavy atom. The summed E-state index contributed by atoms with van der Waals surface area (Å²) in [6.45, 7) is 9.12. The van der Waals surface area contributed by atoms with E-state index in [2.05, 4.69) is 4.72 Å². The zero-order chi connectivity index (χ0) is 19.4. The topological polar surface area (TPSA) is 75.7 Å². The van der Waals surface area contributed by atoms with E-state index in [0.29, 0.717) is 19.6 Å². The van der Waals surface area contributed by atoms with Crippen LogP contribution in [-0.2, 0) is 20.5 Å². The third kappa shape index (κ3) is 6.96. The number of aryl methyl sites for hydroxylation is 1. The first kappa shape index (κ1) is 20.7. The zero-order valence-corrected chi connectivity index (χ0v) is 16.9. The number of rotatable bonds is 5. The Balaban J connectivity index is 1.77. The van der Waals surface area contributed by atoms with Crippen LogP contribution in [0.2, 0.25) is 0 Å². The van der Waals surface area contributed by atoms with Gasteiger partial charge in [-0.2, -0.15) is 0 Å². The fourth-order valence-electron chi connectivity index (χ4n) is 2.85. The molecule has 6 nitrogen and oxygen atoms in total. The highest BCUT2D eigenvalue weighted by Crippen LogP contribution is 2.19. The average molecular weight is 383 g/mol. The maximum absolute atomic E-state index is 12.3. The lowest BCUT2D eigenvalue weighted by Gasteiger charge is -2.33. The van der Waals surface area contributed by atoms with E-state index >= 15 is 0 Å². The van der Waals surface area contributed by atoms with Gasteiger partial charge in [0.2, 0.25) is 10.0 Å². The predicted octanol–water partition coefficient (Wildman–Crippen LogP) is 3.06. The van der Waals surface area contributed by atoms with E-state index in [1.165, 1.54) is 0 Å². The number of nitrogens with zero attached hydrogens (tertiary/aromatic N) is 1. The van der Waals surface area contributed by atoms with Gasteiger partial charge in [0, 0.05) is 19.6 Å². The molecule has 0 aliphatic carbocycles. The molecule has 0 saturated carbocycles. The van der Waals surface area contributed by atoms with Gasteiger partial charge < -0.3 is 9.64 Å². The van der Waals surface area contributed by atoms with Crippen LogP contribution in [0.5, 0.6) is 0 Å². The van der Waals surface area contributed by atoms with Gasteiger partial charge in [-0.3, -0.25) is 0 Å². The van der Waals surface area contributed by atoms with Crippen molar-refractivity contribution in [1.29, 1.82) is 0 Å². The molecule has 1 heterocycles. The Bertz CT molecular complexity index is 700. The molecule has 1 aromatic carbocycles. The van der Waals surface area contributed by atoms with E-state index in [1.807, 2.05) is 52.0 Å². The number of nitrogens with one attached hydrogen (secondary N) is 1. The molecule has 0 spiro atoms. The Labute approximate surface area is 157 Å². The number of carbonyl (C=O) groups excluding carboxylic acids is 1. The number of sulfonamides is 1. The maximum atomic E-state index is 12.3. The van der Waals surface area contributed by atoms with Crippen LogP contribution in [-0.4, -0.2) is 44.6 Å². The molecule has 7 heteroatoms. The summed E-state index contributed by atoms with van der Waals surface area (Å²) in [5, 5.41) is 0. The molecule has 1 aromatic rings. The van der Waals surface area contributed by atoms with Crippen molar-refractivity contribution < 1.29 is 17.9 Å². The minimum Gasteiger partial charge on any atom is -0.444 e. The molecule has 0 aromatic heterocycles. The molecular weight excluding hydrogens is 352 g/mol. The van der Waals surface area contributed by atoms with E-state index in [9.17, 15) is 13.2 Å². The van der Waals surface area contributed by atoms with Crippen LogP contribution in [0.15, 0.2) is 24.3 Å². The van der Waals surface area contributed by atoms with Gasteiger partial charge in [0.1, 0.15) is 5.60 Å². The monoisotopic (exact) mass is 382 g/mol. The summed E-state index contributed by atoms with van der Waals surface area (Å²) in [4.78, 5) is 13.8. The third-order valence-electron chi connectivity index (χ3n) is 4.34. The van der Waals surface area contributed by atoms with Crippen molar-refractivity contribution in [1.82, 2.24) is 9.62 Å². The fourth-order valence-corrected chi connectivity index (χ4v) is 4.07. The van der Waals surface area contributed by atoms with Crippen molar-refractivity contribution in [2.24, 2.45) is 5.92 Å². The molecule has 1 amide bonds. The SMILES string of the molecule is Cc1ccc(CS(=O)(=O)NCC2CCN(C(=O)OC(C)(C)C)CC2)cc1. The molecule has 1 aliphatic rings. The highest BCUT2D eigenvalue weighted by molar-refractivity contribution is 7.88. The number of likely N-dealkylation sites (tertiary alicyclic amines) is 1. The van der Waals surface area contributed by atoms with Gasteiger partial charge in [0.15, 0.2) is 0 Å². The van der Waals surface area contributed by atoms with E-state index in [-0.39, 0.29) is 17.8 Å². The third-order valence-corrected chi connectivity index (χ3v) is 5.66. The summed E-state index contributed by atoms with van der Waals surface area (Å²) >= 11 is 0. The second-order valence-corrected chi connectivity index (χ2v) is 9.81. The lowest BCUT2D eigenvalue weighted by atomic mass is 9.97. The molecule has 2 rings (SSSR count). The normalized spacial score (nSPS) is 16.5. The van der Waals surface area contributed by atoms with E-state index in [4.69, 9.17) is 4.74 Å². The molecule has 0 unspecified atom stereocenters. The molecule has 0 atom stereocenters. The average Bonchev–Trinajstić information content (AvgIpc) is 2.54. The first-order chi connectivity index (χ1) is 12.0. The van der Waals surface area contributed by atoms with Gasteiger partial charge in [-0.1, -0.05) is 29.8 Å². The number of ether oxygens (including phenoxy) is 1. The molecule has 1 fully saturated rings. The molecule has 1 saturated heterocycles. The van der Waals surface area contributed by atoms with Crippen molar-refractivity contribution in [3.8, 4) is 0 Å². The van der Waals surface area contributed by atoms with Crippen LogP contribution < -0.4 is 4.72 Å². The van der Waals surface area contributed by atoms with E-state index in [1.54, 1.807) is 4.90 Å². The van der Waals surface area contributed by atoms with Crippen LogP contribution >= 0.6 is 0 Å². The molecule has 0 radical (unpaired) electrons. The van der Waals surface area contributed by atoms with Gasteiger partial charge in [0.05, 0.1) is 5.75 Å². The van der Waals surface area contributed by atoms with Crippen molar-refractivity contribution >= 4 is 16.1 Å². The van der Waals surface area contributed by atoms with Crippen LogP contribution in [0, 0.1) is 12.8 Å². The van der Waals surface area contributed by atoms with E-state index in [0.717, 1.165) is 24.0 Å². The quantitative estimate of drug-likeness (QED) is 0.849. The largest absolute Gasteiger partial charge is 0.444 e. The second kappa shape index (κ2) is 8.39. The smallest absolute Gasteiger partial charge is 0.410 e. The number of piperidine rings is 1. The number of benzene rings is 1. The van der Waals surface area contributed by atoms with E-state index < -0.39 is 15.6 Å². The molecule has 1 aliphatic heterocycles. The number of amides is 1. The Hall–Kier alpha value is -1.60. The highest BCUT2D eigenvalue weighted by Gasteiger charge is 2.27. The Morgan fingerprint density at radius 2 is 1.77 bits per heavy atom. The molecule has 0 bridgehead atoms. The summed E-state index contributed by atoms with van der Waals surface area (Å²) in [6, 6.07) is 7.51. The van der Waals surface area contributed by atoms with Crippen molar-refractivity contribution in [3.63, 3.8) is 0 Å². The highest BCUT2D eigenvalue weighted by atomic mass is 32.2. The lowest BCUT2D eigenvalue weighted by molar-refractivity contribution is 0.0185. The van der Waals surface area contributed by atoms with Crippen LogP contribution in [0.4, 0.5) is 4.79 Å². The fraction of sp³-hybridized carbons (Fsp3) is 0.632. The molecule has 26 heavy (non-hydrogen) atoms. The number of hydrogen-bond donors (Lipinski definition) is 1. The summed E-state index contributed by atoms with van der Waals surface area (Å²) in [6.07, 6.45) is 1.24. The minimum absolute atomic E-state index is 0.00989. The first-order valence-electron chi connectivity index (χ1n) is 9.05. The Kier molecular flexibility index (Phi) is 6.69. The number of hydrogen-bond acceptors (Lipinski definition) is 4. The second-order valence-electron chi connectivity index (χ2n) is 8.00. The molecule has 1 N–H and O–H groups in total. The van der Waals surface area contributed by atoms with Gasteiger partial charge >= 0.3 is 6.09 Å². The van der Waals surface area contributed by atoms with Crippen molar-refractivity contribution in [3.05, 3.63) is 35.4 Å². The van der Waals surface area contributed by atoms with Crippen molar-refractivity contribution in [2.75, 3.05) is 19.6 Å². The number of carbonyl (C=O) groups is 1. The summed E-state index contributed by atoms with van der Waals surface area (Å²) < 4.78 is 32.6. The summed E-state index contributed by atoms with van der Waals surface area (Å²) in [5.74, 6) is 0.228. The molecular formula is C19H30N2O4S. The minimum atomic E-state index is -3.36.